The summed E-state index contributed by atoms with van der Waals surface area (Å²) in [6, 6.07) is 20.2. The highest BCUT2D eigenvalue weighted by atomic mass is 16.3. The molecule has 0 spiro atoms. The van der Waals surface area contributed by atoms with Gasteiger partial charge in [-0.15, -0.1) is 0 Å². The molecule has 0 unspecified atom stereocenters. The number of aromatic hydroxyl groups is 1. The van der Waals surface area contributed by atoms with Crippen molar-refractivity contribution in [2.45, 2.75) is 18.9 Å². The van der Waals surface area contributed by atoms with Crippen molar-refractivity contribution in [3.8, 4) is 5.75 Å². The van der Waals surface area contributed by atoms with Crippen LogP contribution in [-0.4, -0.2) is 27.8 Å². The number of amides is 1. The van der Waals surface area contributed by atoms with Crippen LogP contribution in [-0.2, 0) is 6.54 Å². The zero-order valence-corrected chi connectivity index (χ0v) is 15.0. The van der Waals surface area contributed by atoms with E-state index in [9.17, 15) is 14.7 Å². The predicted molar refractivity (Wildman–Crippen MR) is 103 cm³/mol. The first kappa shape index (κ1) is 18.4. The van der Waals surface area contributed by atoms with Crippen LogP contribution in [0.15, 0.2) is 71.7 Å². The van der Waals surface area contributed by atoms with Crippen molar-refractivity contribution < 1.29 is 9.90 Å². The van der Waals surface area contributed by atoms with Gasteiger partial charge in [0.1, 0.15) is 0 Å². The fraction of sp³-hybridized carbons (Fsp3) is 0.190. The highest BCUT2D eigenvalue weighted by Crippen LogP contribution is 2.28. The van der Waals surface area contributed by atoms with Crippen molar-refractivity contribution in [3.63, 3.8) is 0 Å². The lowest BCUT2D eigenvalue weighted by atomic mass is 9.88. The number of nitrogens with one attached hydrogen (secondary N) is 1. The standard InChI is InChI=1S/C21H21N3O3/c1-22-21(27)19-20(26)18(25)14-24(23-19)13-12-17(15-8-4-2-5-9-15)16-10-6-3-7-11-16/h2-11,14,17,25H,12-13H2,1H3,(H,22,27). The van der Waals surface area contributed by atoms with Crippen LogP contribution in [0, 0.1) is 0 Å². The molecule has 0 saturated heterocycles. The molecule has 1 aromatic heterocycles. The Kier molecular flexibility index (Phi) is 5.66. The van der Waals surface area contributed by atoms with E-state index in [2.05, 4.69) is 34.7 Å². The minimum absolute atomic E-state index is 0.124. The van der Waals surface area contributed by atoms with E-state index in [0.717, 1.165) is 0 Å². The number of hydrogen-bond donors (Lipinski definition) is 2. The van der Waals surface area contributed by atoms with Crippen molar-refractivity contribution in [3.05, 3.63) is 93.9 Å². The van der Waals surface area contributed by atoms with E-state index < -0.39 is 17.1 Å². The zero-order valence-electron chi connectivity index (χ0n) is 15.0. The first-order chi connectivity index (χ1) is 13.1. The van der Waals surface area contributed by atoms with E-state index in [4.69, 9.17) is 0 Å². The Labute approximate surface area is 157 Å². The summed E-state index contributed by atoms with van der Waals surface area (Å²) in [4.78, 5) is 23.7. The molecule has 0 aliphatic rings. The highest BCUT2D eigenvalue weighted by Gasteiger charge is 2.17. The van der Waals surface area contributed by atoms with Crippen molar-refractivity contribution in [1.29, 1.82) is 0 Å². The van der Waals surface area contributed by atoms with Gasteiger partial charge >= 0.3 is 0 Å². The van der Waals surface area contributed by atoms with Crippen LogP contribution in [0.2, 0.25) is 0 Å². The summed E-state index contributed by atoms with van der Waals surface area (Å²) in [6.45, 7) is 0.437. The van der Waals surface area contributed by atoms with Gasteiger partial charge in [0.05, 0.1) is 6.20 Å². The molecular weight excluding hydrogens is 342 g/mol. The number of aromatic nitrogens is 2. The first-order valence-corrected chi connectivity index (χ1v) is 8.73. The summed E-state index contributed by atoms with van der Waals surface area (Å²) in [6.07, 6.45) is 1.96. The predicted octanol–water partition coefficient (Wildman–Crippen LogP) is 2.53. The van der Waals surface area contributed by atoms with Gasteiger partial charge < -0.3 is 10.4 Å². The lowest BCUT2D eigenvalue weighted by molar-refractivity contribution is 0.0953. The number of carbonyl (C=O) groups excluding carboxylic acids is 1. The SMILES string of the molecule is CNC(=O)c1nn(CCC(c2ccccc2)c2ccccc2)cc(O)c1=O. The second-order valence-corrected chi connectivity index (χ2v) is 6.20. The van der Waals surface area contributed by atoms with Crippen LogP contribution in [0.25, 0.3) is 0 Å². The number of benzene rings is 2. The van der Waals surface area contributed by atoms with Crippen LogP contribution in [0.1, 0.15) is 34.0 Å². The number of aryl methyl sites for hydroxylation is 1. The molecule has 3 aromatic rings. The maximum absolute atomic E-state index is 11.9. The molecular formula is C21H21N3O3. The molecule has 0 bridgehead atoms. The van der Waals surface area contributed by atoms with E-state index >= 15 is 0 Å². The van der Waals surface area contributed by atoms with E-state index in [1.165, 1.54) is 29.1 Å². The van der Waals surface area contributed by atoms with Gasteiger partial charge in [-0.3, -0.25) is 14.3 Å². The Morgan fingerprint density at radius 1 is 1.07 bits per heavy atom. The molecule has 138 valence electrons. The molecule has 0 atom stereocenters. The third-order valence-corrected chi connectivity index (χ3v) is 4.44. The first-order valence-electron chi connectivity index (χ1n) is 8.73. The normalized spacial score (nSPS) is 10.7. The van der Waals surface area contributed by atoms with Gasteiger partial charge in [0, 0.05) is 19.5 Å². The van der Waals surface area contributed by atoms with E-state index in [0.29, 0.717) is 13.0 Å². The van der Waals surface area contributed by atoms with E-state index in [1.807, 2.05) is 36.4 Å². The summed E-state index contributed by atoms with van der Waals surface area (Å²) >= 11 is 0. The van der Waals surface area contributed by atoms with Crippen LogP contribution >= 0.6 is 0 Å². The van der Waals surface area contributed by atoms with Gasteiger partial charge in [0.15, 0.2) is 11.4 Å². The van der Waals surface area contributed by atoms with Crippen LogP contribution in [0.5, 0.6) is 5.75 Å². The van der Waals surface area contributed by atoms with Gasteiger partial charge in [-0.05, 0) is 17.5 Å². The Hall–Kier alpha value is -3.41. The molecule has 27 heavy (non-hydrogen) atoms. The molecule has 6 nitrogen and oxygen atoms in total. The van der Waals surface area contributed by atoms with Crippen molar-refractivity contribution >= 4 is 5.91 Å². The number of carbonyl (C=O) groups is 1. The van der Waals surface area contributed by atoms with Gasteiger partial charge in [-0.25, -0.2) is 0 Å². The number of hydrogen-bond acceptors (Lipinski definition) is 4. The third kappa shape index (κ3) is 4.23. The molecule has 0 saturated carbocycles. The van der Waals surface area contributed by atoms with Crippen LogP contribution in [0.3, 0.4) is 0 Å². The molecule has 6 heteroatoms. The molecule has 0 aliphatic heterocycles. The highest BCUT2D eigenvalue weighted by molar-refractivity contribution is 5.92. The zero-order chi connectivity index (χ0) is 19.2. The quantitative estimate of drug-likeness (QED) is 0.705. The van der Waals surface area contributed by atoms with Crippen molar-refractivity contribution in [1.82, 2.24) is 15.1 Å². The Morgan fingerprint density at radius 3 is 2.15 bits per heavy atom. The summed E-state index contributed by atoms with van der Waals surface area (Å²) in [5.41, 5.74) is 1.25. The number of nitrogens with zero attached hydrogens (tertiary/aromatic N) is 2. The maximum atomic E-state index is 11.9. The lowest BCUT2D eigenvalue weighted by Gasteiger charge is -2.19. The maximum Gasteiger partial charge on any atom is 0.275 e. The Morgan fingerprint density at radius 2 is 1.63 bits per heavy atom. The van der Waals surface area contributed by atoms with Crippen molar-refractivity contribution in [2.24, 2.45) is 0 Å². The number of rotatable bonds is 6. The van der Waals surface area contributed by atoms with Gasteiger partial charge in [-0.2, -0.15) is 5.10 Å². The van der Waals surface area contributed by atoms with Gasteiger partial charge in [-0.1, -0.05) is 60.7 Å². The molecule has 2 N–H and O–H groups in total. The monoisotopic (exact) mass is 363 g/mol. The average molecular weight is 363 g/mol. The summed E-state index contributed by atoms with van der Waals surface area (Å²) in [7, 11) is 1.42. The molecule has 1 heterocycles. The molecule has 3 rings (SSSR count). The minimum atomic E-state index is -0.770. The molecule has 0 fully saturated rings. The lowest BCUT2D eigenvalue weighted by Crippen LogP contribution is -2.29. The molecule has 0 aliphatic carbocycles. The van der Waals surface area contributed by atoms with E-state index in [1.54, 1.807) is 0 Å². The topological polar surface area (TPSA) is 84.2 Å². The fourth-order valence-electron chi connectivity index (χ4n) is 3.06. The smallest absolute Gasteiger partial charge is 0.275 e. The Bertz CT molecular complexity index is 929. The molecule has 0 radical (unpaired) electrons. The summed E-state index contributed by atoms with van der Waals surface area (Å²) in [5, 5.41) is 16.3. The molecule has 2 aromatic carbocycles. The molecule has 1 amide bonds. The van der Waals surface area contributed by atoms with Crippen LogP contribution < -0.4 is 10.7 Å². The van der Waals surface area contributed by atoms with Crippen LogP contribution in [0.4, 0.5) is 0 Å². The third-order valence-electron chi connectivity index (χ3n) is 4.44. The summed E-state index contributed by atoms with van der Waals surface area (Å²) < 4.78 is 1.44. The largest absolute Gasteiger partial charge is 0.503 e. The minimum Gasteiger partial charge on any atom is -0.503 e. The Balaban J connectivity index is 1.89. The second kappa shape index (κ2) is 8.31. The summed E-state index contributed by atoms with van der Waals surface area (Å²) in [5.74, 6) is -0.980. The van der Waals surface area contributed by atoms with Crippen molar-refractivity contribution in [2.75, 3.05) is 7.05 Å². The van der Waals surface area contributed by atoms with E-state index in [-0.39, 0.29) is 11.6 Å². The van der Waals surface area contributed by atoms with Gasteiger partial charge in [0.2, 0.25) is 0 Å². The van der Waals surface area contributed by atoms with Gasteiger partial charge in [0.25, 0.3) is 11.3 Å². The average Bonchev–Trinajstić information content (AvgIpc) is 2.71. The second-order valence-electron chi connectivity index (χ2n) is 6.20. The fourth-order valence-corrected chi connectivity index (χ4v) is 3.06.